The van der Waals surface area contributed by atoms with Crippen LogP contribution >= 0.6 is 23.7 Å². The van der Waals surface area contributed by atoms with Crippen LogP contribution in [-0.2, 0) is 14.3 Å². The normalized spacial score (nSPS) is 24.0. The van der Waals surface area contributed by atoms with Gasteiger partial charge in [-0.1, -0.05) is 60.7 Å². The van der Waals surface area contributed by atoms with Gasteiger partial charge in [-0.15, -0.1) is 26.2 Å². The highest BCUT2D eigenvalue weighted by atomic mass is 32.2. The largest absolute Gasteiger partial charge is 0.452 e. The lowest BCUT2D eigenvalue weighted by Gasteiger charge is -2.53. The minimum atomic E-state index is -0.953. The summed E-state index contributed by atoms with van der Waals surface area (Å²) in [4.78, 5) is 28.0. The van der Waals surface area contributed by atoms with E-state index in [1.165, 1.54) is 27.9 Å². The van der Waals surface area contributed by atoms with Crippen LogP contribution in [0.3, 0.4) is 0 Å². The van der Waals surface area contributed by atoms with Crippen molar-refractivity contribution in [3.05, 3.63) is 77.6 Å². The third-order valence-electron chi connectivity index (χ3n) is 6.00. The van der Waals surface area contributed by atoms with Crippen molar-refractivity contribution in [2.24, 2.45) is 11.1 Å². The molecule has 2 N–H and O–H groups in total. The Balaban J connectivity index is 1.43. The lowest BCUT2D eigenvalue weighted by atomic mass is 9.89. The number of nitrogens with zero attached hydrogens (tertiary/aromatic N) is 5. The Morgan fingerprint density at radius 1 is 1.21 bits per heavy atom. The average molecular weight is 497 g/mol. The van der Waals surface area contributed by atoms with Gasteiger partial charge in [0.2, 0.25) is 5.91 Å². The van der Waals surface area contributed by atoms with Crippen molar-refractivity contribution < 1.29 is 14.3 Å². The van der Waals surface area contributed by atoms with E-state index in [-0.39, 0.29) is 23.8 Å². The Morgan fingerprint density at radius 2 is 1.85 bits per heavy atom. The fourth-order valence-corrected chi connectivity index (χ4v) is 6.67. The molecule has 2 aliphatic heterocycles. The van der Waals surface area contributed by atoms with Gasteiger partial charge in [0, 0.05) is 30.0 Å². The molecule has 2 fully saturated rings. The van der Waals surface area contributed by atoms with Crippen LogP contribution in [0.5, 0.6) is 0 Å². The number of hydrogen-bond donors (Lipinski definition) is 1. The maximum Gasteiger partial charge on any atom is 0.316 e. The maximum absolute atomic E-state index is 13.9. The fraction of sp³-hybridized carbons (Fsp3) is 0.348. The van der Waals surface area contributed by atoms with E-state index in [2.05, 4.69) is 15.4 Å². The first-order valence-electron chi connectivity index (χ1n) is 10.9. The molecule has 1 aromatic heterocycles. The quantitative estimate of drug-likeness (QED) is 0.387. The number of nitrogens with two attached hydrogens (primary N) is 1. The summed E-state index contributed by atoms with van der Waals surface area (Å²) >= 11 is 2.79. The van der Waals surface area contributed by atoms with Crippen LogP contribution in [0.1, 0.15) is 23.1 Å². The Kier molecular flexibility index (Phi) is 6.32. The van der Waals surface area contributed by atoms with E-state index in [1.54, 1.807) is 11.8 Å². The molecule has 2 saturated heterocycles. The van der Waals surface area contributed by atoms with E-state index in [9.17, 15) is 9.59 Å². The molecule has 2 aromatic carbocycles. The minimum absolute atomic E-state index is 0.107. The standard InChI is InChI=1S/C23H24N6O3S2/c1-15-25-27-29(26-15)34-14-23(12-28-20(30)18(24)21(28)33-13-23)22(31)32-19(16-8-4-2-5-9-16)17-10-6-3-7-11-17/h2-11,18-19,21H,12-14,24H2,1H3/t18?,21-,23?/m1/s1. The predicted octanol–water partition coefficient (Wildman–Crippen LogP) is 2.04. The van der Waals surface area contributed by atoms with Crippen LogP contribution in [0.15, 0.2) is 60.7 Å². The van der Waals surface area contributed by atoms with Gasteiger partial charge in [-0.25, -0.2) is 0 Å². The Labute approximate surface area is 205 Å². The molecule has 34 heavy (non-hydrogen) atoms. The summed E-state index contributed by atoms with van der Waals surface area (Å²) in [5.74, 6) is 0.839. The number of hydrogen-bond acceptors (Lipinski definition) is 9. The molecular weight excluding hydrogens is 472 g/mol. The summed E-state index contributed by atoms with van der Waals surface area (Å²) in [6, 6.07) is 18.8. The number of tetrazole rings is 1. The van der Waals surface area contributed by atoms with Crippen LogP contribution < -0.4 is 5.73 Å². The Hall–Kier alpha value is -2.89. The molecule has 176 valence electrons. The van der Waals surface area contributed by atoms with Crippen LogP contribution in [0.2, 0.25) is 0 Å². The predicted molar refractivity (Wildman–Crippen MR) is 130 cm³/mol. The maximum atomic E-state index is 13.9. The minimum Gasteiger partial charge on any atom is -0.452 e. The van der Waals surface area contributed by atoms with Gasteiger partial charge < -0.3 is 15.4 Å². The van der Waals surface area contributed by atoms with Crippen molar-refractivity contribution >= 4 is 35.6 Å². The van der Waals surface area contributed by atoms with Crippen molar-refractivity contribution in [1.82, 2.24) is 24.5 Å². The molecule has 0 radical (unpaired) electrons. The van der Waals surface area contributed by atoms with Gasteiger partial charge in [0.05, 0.1) is 0 Å². The number of thioether (sulfide) groups is 1. The number of amides is 1. The molecule has 0 spiro atoms. The molecule has 3 aromatic rings. The smallest absolute Gasteiger partial charge is 0.316 e. The number of rotatable bonds is 7. The number of ether oxygens (including phenoxy) is 1. The number of fused-ring (bicyclic) bond motifs is 1. The van der Waals surface area contributed by atoms with Crippen LogP contribution in [0, 0.1) is 12.3 Å². The summed E-state index contributed by atoms with van der Waals surface area (Å²) in [5, 5.41) is 12.0. The Morgan fingerprint density at radius 3 is 2.44 bits per heavy atom. The molecule has 0 aliphatic carbocycles. The molecule has 5 rings (SSSR count). The van der Waals surface area contributed by atoms with Crippen LogP contribution in [-0.4, -0.2) is 65.9 Å². The highest BCUT2D eigenvalue weighted by Crippen LogP contribution is 2.44. The molecule has 0 saturated carbocycles. The molecule has 0 bridgehead atoms. The third kappa shape index (κ3) is 4.30. The number of aryl methyl sites for hydroxylation is 1. The first kappa shape index (κ1) is 22.9. The molecule has 9 nitrogen and oxygen atoms in total. The van der Waals surface area contributed by atoms with Crippen molar-refractivity contribution in [3.63, 3.8) is 0 Å². The van der Waals surface area contributed by atoms with E-state index >= 15 is 0 Å². The van der Waals surface area contributed by atoms with Crippen molar-refractivity contribution in [2.75, 3.05) is 18.1 Å². The summed E-state index contributed by atoms with van der Waals surface area (Å²) in [5.41, 5.74) is 6.78. The van der Waals surface area contributed by atoms with Crippen molar-refractivity contribution in [3.8, 4) is 0 Å². The van der Waals surface area contributed by atoms with Gasteiger partial charge in [0.25, 0.3) is 0 Å². The number of esters is 1. The topological polar surface area (TPSA) is 116 Å². The van der Waals surface area contributed by atoms with Gasteiger partial charge in [0.1, 0.15) is 16.8 Å². The second kappa shape index (κ2) is 9.40. The van der Waals surface area contributed by atoms with E-state index < -0.39 is 17.6 Å². The van der Waals surface area contributed by atoms with Gasteiger partial charge >= 0.3 is 5.97 Å². The highest BCUT2D eigenvalue weighted by Gasteiger charge is 2.56. The van der Waals surface area contributed by atoms with E-state index in [0.717, 1.165) is 11.1 Å². The van der Waals surface area contributed by atoms with Crippen molar-refractivity contribution in [1.29, 1.82) is 0 Å². The molecule has 3 atom stereocenters. The average Bonchev–Trinajstić information content (AvgIpc) is 3.31. The van der Waals surface area contributed by atoms with Gasteiger partial charge in [-0.05, 0) is 23.3 Å². The monoisotopic (exact) mass is 496 g/mol. The summed E-state index contributed by atoms with van der Waals surface area (Å²) in [6.45, 7) is 1.99. The lowest BCUT2D eigenvalue weighted by Crippen LogP contribution is -2.72. The number of β-lactam (4-membered cyclic amide) rings is 1. The fourth-order valence-electron chi connectivity index (χ4n) is 4.12. The molecule has 11 heteroatoms. The lowest BCUT2D eigenvalue weighted by molar-refractivity contribution is -0.163. The molecule has 2 unspecified atom stereocenters. The van der Waals surface area contributed by atoms with Crippen LogP contribution in [0.25, 0.3) is 0 Å². The second-order valence-electron chi connectivity index (χ2n) is 8.44. The van der Waals surface area contributed by atoms with E-state index in [1.807, 2.05) is 60.7 Å². The second-order valence-corrected chi connectivity index (χ2v) is 10.4. The zero-order valence-corrected chi connectivity index (χ0v) is 20.1. The summed E-state index contributed by atoms with van der Waals surface area (Å²) in [7, 11) is 0. The first-order chi connectivity index (χ1) is 16.5. The van der Waals surface area contributed by atoms with E-state index in [0.29, 0.717) is 17.3 Å². The van der Waals surface area contributed by atoms with Crippen LogP contribution in [0.4, 0.5) is 0 Å². The van der Waals surface area contributed by atoms with E-state index in [4.69, 9.17) is 10.5 Å². The van der Waals surface area contributed by atoms with Gasteiger partial charge in [-0.3, -0.25) is 9.59 Å². The summed E-state index contributed by atoms with van der Waals surface area (Å²) < 4.78 is 7.63. The molecule has 3 heterocycles. The van der Waals surface area contributed by atoms with Gasteiger partial charge in [0.15, 0.2) is 11.9 Å². The number of benzene rings is 2. The third-order valence-corrected chi connectivity index (χ3v) is 8.68. The number of carbonyl (C=O) groups excluding carboxylic acids is 2. The highest BCUT2D eigenvalue weighted by molar-refractivity contribution is 8.00. The molecule has 2 aliphatic rings. The van der Waals surface area contributed by atoms with Crippen molar-refractivity contribution in [2.45, 2.75) is 24.4 Å². The molecule has 1 amide bonds. The molecular formula is C23H24N6O3S2. The SMILES string of the molecule is Cc1nnn(SCC2(C(=O)OC(c3ccccc3)c3ccccc3)CS[C@@H]3C(N)C(=O)N3C2)n1. The van der Waals surface area contributed by atoms with Gasteiger partial charge in [-0.2, -0.15) is 0 Å². The first-order valence-corrected chi connectivity index (χ1v) is 12.8. The number of aromatic nitrogens is 4. The number of carbonyl (C=O) groups is 2. The zero-order valence-electron chi connectivity index (χ0n) is 18.5. The Bertz CT molecular complexity index is 1140. The zero-order chi connectivity index (χ0) is 23.7. The summed E-state index contributed by atoms with van der Waals surface area (Å²) in [6.07, 6.45) is -0.569.